The van der Waals surface area contributed by atoms with E-state index in [4.69, 9.17) is 13.6 Å². The highest BCUT2D eigenvalue weighted by atomic mass is 15.0. The number of nitrogens with two attached hydrogens (primary N) is 1. The predicted molar refractivity (Wildman–Crippen MR) is 66.9 cm³/mol. The Kier molecular flexibility index (Phi) is 2.07. The third kappa shape index (κ3) is 1.63. The predicted octanol–water partition coefficient (Wildman–Crippen LogP) is 0.396. The highest BCUT2D eigenvalue weighted by Crippen LogP contribution is 2.20. The Hall–Kier alpha value is -2.37. The summed E-state index contributed by atoms with van der Waals surface area (Å²) in [6.07, 6.45) is 1.42. The van der Waals surface area contributed by atoms with Crippen LogP contribution in [-0.4, -0.2) is 27.8 Å². The number of nitrogens with one attached hydrogen (secondary N) is 1. The average molecular weight is 221 g/mol. The molecule has 5 nitrogen and oxygen atoms in total. The van der Waals surface area contributed by atoms with Crippen molar-refractivity contribution in [3.63, 3.8) is 0 Å². The number of hydrogen-bond acceptors (Lipinski definition) is 4. The van der Waals surface area contributed by atoms with E-state index < -0.39 is 0 Å². The number of benzene rings is 1. The minimum absolute atomic E-state index is 0.304. The van der Waals surface area contributed by atoms with Gasteiger partial charge in [0.1, 0.15) is 13.5 Å². The van der Waals surface area contributed by atoms with Crippen molar-refractivity contribution in [1.29, 1.82) is 0 Å². The second-order valence-electron chi connectivity index (χ2n) is 3.63. The van der Waals surface area contributed by atoms with Gasteiger partial charge >= 0.3 is 0 Å². The summed E-state index contributed by atoms with van der Waals surface area (Å²) >= 11 is 0. The third-order valence-corrected chi connectivity index (χ3v) is 2.43. The number of fused-ring (bicyclic) bond motifs is 1. The van der Waals surface area contributed by atoms with E-state index in [1.807, 2.05) is 24.3 Å². The monoisotopic (exact) mass is 221 g/mol. The molecule has 17 heavy (non-hydrogen) atoms. The van der Waals surface area contributed by atoms with Crippen molar-refractivity contribution in [2.75, 3.05) is 5.73 Å². The van der Waals surface area contributed by atoms with Crippen LogP contribution in [0.4, 0.5) is 5.82 Å². The molecule has 0 atom stereocenters. The average Bonchev–Trinajstić information content (AvgIpc) is 2.75. The number of rotatable bonds is 1. The van der Waals surface area contributed by atoms with Gasteiger partial charge in [0.2, 0.25) is 0 Å². The Morgan fingerprint density at radius 1 is 1.18 bits per heavy atom. The maximum absolute atomic E-state index is 5.75. The van der Waals surface area contributed by atoms with E-state index in [1.165, 1.54) is 6.20 Å². The number of H-pyrrole nitrogens is 1. The number of aromatic amines is 1. The van der Waals surface area contributed by atoms with Gasteiger partial charge in [-0.15, -0.1) is 0 Å². The van der Waals surface area contributed by atoms with Gasteiger partial charge in [0.15, 0.2) is 11.6 Å². The van der Waals surface area contributed by atoms with Gasteiger partial charge in [-0.25, -0.2) is 9.97 Å². The topological polar surface area (TPSA) is 80.5 Å². The molecule has 0 aliphatic carbocycles. The summed E-state index contributed by atoms with van der Waals surface area (Å²) in [5.74, 6) is 0.877. The van der Waals surface area contributed by atoms with Gasteiger partial charge in [-0.2, -0.15) is 0 Å². The molecule has 0 saturated heterocycles. The molecule has 0 unspecified atom stereocenters. The van der Waals surface area contributed by atoms with Crippen molar-refractivity contribution in [2.45, 2.75) is 0 Å². The van der Waals surface area contributed by atoms with Crippen LogP contribution < -0.4 is 11.3 Å². The Bertz CT molecular complexity index is 658. The molecule has 1 aromatic carbocycles. The molecule has 0 fully saturated rings. The van der Waals surface area contributed by atoms with Gasteiger partial charge in [0, 0.05) is 11.8 Å². The quantitative estimate of drug-likeness (QED) is 0.582. The Morgan fingerprint density at radius 2 is 2.00 bits per heavy atom. The first-order chi connectivity index (χ1) is 8.24. The number of para-hydroxylation sites is 2. The van der Waals surface area contributed by atoms with Crippen molar-refractivity contribution in [3.8, 4) is 11.5 Å². The summed E-state index contributed by atoms with van der Waals surface area (Å²) in [4.78, 5) is 15.6. The van der Waals surface area contributed by atoms with Gasteiger partial charge in [-0.1, -0.05) is 12.1 Å². The summed E-state index contributed by atoms with van der Waals surface area (Å²) in [5, 5.41) is 0. The molecule has 0 aliphatic heterocycles. The number of nitrogen functional groups attached to an aromatic ring is 1. The van der Waals surface area contributed by atoms with E-state index in [1.54, 1.807) is 0 Å². The van der Waals surface area contributed by atoms with Gasteiger partial charge in [0.05, 0.1) is 11.0 Å². The summed E-state index contributed by atoms with van der Waals surface area (Å²) in [5.41, 5.74) is 8.32. The number of aromatic nitrogens is 4. The van der Waals surface area contributed by atoms with Crippen molar-refractivity contribution in [2.24, 2.45) is 0 Å². The van der Waals surface area contributed by atoms with E-state index >= 15 is 0 Å². The second kappa shape index (κ2) is 3.59. The van der Waals surface area contributed by atoms with Crippen molar-refractivity contribution >= 4 is 30.3 Å². The van der Waals surface area contributed by atoms with E-state index in [9.17, 15) is 0 Å². The lowest BCUT2D eigenvalue weighted by Gasteiger charge is -2.01. The minimum atomic E-state index is 0.304. The van der Waals surface area contributed by atoms with Crippen molar-refractivity contribution in [3.05, 3.63) is 30.5 Å². The first kappa shape index (κ1) is 9.83. The molecule has 3 N–H and O–H groups in total. The molecule has 0 aliphatic rings. The molecular formula is C11H8BN5. The lowest BCUT2D eigenvalue weighted by Crippen LogP contribution is -2.12. The van der Waals surface area contributed by atoms with Crippen LogP contribution >= 0.6 is 0 Å². The van der Waals surface area contributed by atoms with Gasteiger partial charge < -0.3 is 10.7 Å². The first-order valence-electron chi connectivity index (χ1n) is 5.07. The first-order valence-corrected chi connectivity index (χ1v) is 5.07. The van der Waals surface area contributed by atoms with Gasteiger partial charge in [-0.05, 0) is 12.1 Å². The zero-order valence-corrected chi connectivity index (χ0v) is 8.88. The molecular weight excluding hydrogens is 213 g/mol. The van der Waals surface area contributed by atoms with E-state index in [2.05, 4.69) is 19.9 Å². The molecule has 3 rings (SSSR count). The number of hydrogen-bond donors (Lipinski definition) is 2. The minimum Gasteiger partial charge on any atom is -0.382 e. The molecule has 0 amide bonds. The highest BCUT2D eigenvalue weighted by molar-refractivity contribution is 6.30. The van der Waals surface area contributed by atoms with Crippen LogP contribution in [0.3, 0.4) is 0 Å². The highest BCUT2D eigenvalue weighted by Gasteiger charge is 2.10. The lowest BCUT2D eigenvalue weighted by molar-refractivity contribution is 1.20. The fraction of sp³-hybridized carbons (Fsp3) is 0. The molecule has 0 saturated carbocycles. The molecule has 80 valence electrons. The fourth-order valence-electron chi connectivity index (χ4n) is 1.65. The Morgan fingerprint density at radius 3 is 2.82 bits per heavy atom. The SMILES string of the molecule is [B]c1cnc(N)c(-c2nc3ccccc3[nH]2)n1. The number of nitrogens with zero attached hydrogens (tertiary/aromatic N) is 3. The van der Waals surface area contributed by atoms with E-state index in [0.717, 1.165) is 11.0 Å². The molecule has 2 heterocycles. The van der Waals surface area contributed by atoms with Crippen LogP contribution in [0.25, 0.3) is 22.6 Å². The van der Waals surface area contributed by atoms with Crippen LogP contribution in [0.5, 0.6) is 0 Å². The zero-order chi connectivity index (χ0) is 11.8. The standard InChI is InChI=1S/C11H8BN5/c12-8-5-14-10(13)9(17-8)11-15-6-3-1-2-4-7(6)16-11/h1-5H,(H2,13,14)(H,15,16). The molecule has 0 spiro atoms. The van der Waals surface area contributed by atoms with E-state index in [0.29, 0.717) is 22.9 Å². The molecule has 6 heteroatoms. The maximum Gasteiger partial charge on any atom is 0.160 e. The van der Waals surface area contributed by atoms with Crippen LogP contribution in [0, 0.1) is 0 Å². The van der Waals surface area contributed by atoms with Crippen LogP contribution in [0.1, 0.15) is 0 Å². The summed E-state index contributed by atoms with van der Waals surface area (Å²) in [7, 11) is 5.59. The molecule has 3 aromatic rings. The number of imidazole rings is 1. The second-order valence-corrected chi connectivity index (χ2v) is 3.63. The smallest absolute Gasteiger partial charge is 0.160 e. The van der Waals surface area contributed by atoms with E-state index in [-0.39, 0.29) is 0 Å². The zero-order valence-electron chi connectivity index (χ0n) is 8.88. The van der Waals surface area contributed by atoms with Gasteiger partial charge in [-0.3, -0.25) is 4.98 Å². The normalized spacial score (nSPS) is 10.8. The molecule has 0 bridgehead atoms. The fourth-order valence-corrected chi connectivity index (χ4v) is 1.65. The summed E-state index contributed by atoms with van der Waals surface area (Å²) in [6, 6.07) is 7.69. The largest absolute Gasteiger partial charge is 0.382 e. The van der Waals surface area contributed by atoms with Gasteiger partial charge in [0.25, 0.3) is 0 Å². The molecule has 2 radical (unpaired) electrons. The van der Waals surface area contributed by atoms with Crippen molar-refractivity contribution in [1.82, 2.24) is 19.9 Å². The number of anilines is 1. The van der Waals surface area contributed by atoms with Crippen LogP contribution in [0.15, 0.2) is 30.5 Å². The lowest BCUT2D eigenvalue weighted by atomic mass is 10.1. The van der Waals surface area contributed by atoms with Crippen LogP contribution in [0.2, 0.25) is 0 Å². The van der Waals surface area contributed by atoms with Crippen LogP contribution in [-0.2, 0) is 0 Å². The van der Waals surface area contributed by atoms with Crippen molar-refractivity contribution < 1.29 is 0 Å². The third-order valence-electron chi connectivity index (χ3n) is 2.43. The Balaban J connectivity index is 2.23. The summed E-state index contributed by atoms with van der Waals surface area (Å²) in [6.45, 7) is 0. The Labute approximate surface area is 98.5 Å². The molecule has 2 aromatic heterocycles. The summed E-state index contributed by atoms with van der Waals surface area (Å²) < 4.78 is 0. The maximum atomic E-state index is 5.75.